The summed E-state index contributed by atoms with van der Waals surface area (Å²) in [6, 6.07) is 14.4. The second kappa shape index (κ2) is 11.6. The third-order valence-corrected chi connectivity index (χ3v) is 6.09. The second-order valence-electron chi connectivity index (χ2n) is 8.71. The van der Waals surface area contributed by atoms with Crippen molar-refractivity contribution in [2.24, 2.45) is 4.99 Å². The van der Waals surface area contributed by atoms with Gasteiger partial charge < -0.3 is 19.9 Å². The number of benzene rings is 2. The molecular formula is C26H28F3N7OS. The number of aromatic nitrogens is 2. The summed E-state index contributed by atoms with van der Waals surface area (Å²) < 4.78 is 43.9. The lowest BCUT2D eigenvalue weighted by Gasteiger charge is -2.37. The summed E-state index contributed by atoms with van der Waals surface area (Å²) in [4.78, 5) is 17.8. The summed E-state index contributed by atoms with van der Waals surface area (Å²) in [5, 5.41) is 6.17. The first-order valence-electron chi connectivity index (χ1n) is 11.9. The number of anilines is 3. The second-order valence-corrected chi connectivity index (χ2v) is 9.10. The first-order chi connectivity index (χ1) is 18.1. The van der Waals surface area contributed by atoms with E-state index >= 15 is 0 Å². The summed E-state index contributed by atoms with van der Waals surface area (Å²) in [6.07, 6.45) is -4.41. The molecule has 2 aromatic carbocycles. The predicted molar refractivity (Wildman–Crippen MR) is 147 cm³/mol. The molecule has 38 heavy (non-hydrogen) atoms. The Bertz CT molecular complexity index is 1270. The van der Waals surface area contributed by atoms with Crippen LogP contribution in [0.2, 0.25) is 0 Å². The molecule has 0 saturated carbocycles. The molecule has 2 heterocycles. The molecule has 0 aliphatic carbocycles. The fourth-order valence-electron chi connectivity index (χ4n) is 4.02. The van der Waals surface area contributed by atoms with Crippen molar-refractivity contribution in [1.82, 2.24) is 14.9 Å². The molecule has 2 N–H and O–H groups in total. The molecular weight excluding hydrogens is 515 g/mol. The molecule has 1 aliphatic rings. The van der Waals surface area contributed by atoms with Crippen molar-refractivity contribution in [3.8, 4) is 5.75 Å². The van der Waals surface area contributed by atoms with Crippen LogP contribution in [0, 0.1) is 13.8 Å². The van der Waals surface area contributed by atoms with Crippen LogP contribution in [0.1, 0.15) is 17.0 Å². The van der Waals surface area contributed by atoms with Crippen LogP contribution in [0.4, 0.5) is 30.5 Å². The van der Waals surface area contributed by atoms with E-state index in [0.29, 0.717) is 30.7 Å². The molecule has 200 valence electrons. The first-order valence-corrected chi connectivity index (χ1v) is 12.3. The molecule has 0 spiro atoms. The highest BCUT2D eigenvalue weighted by atomic mass is 32.1. The van der Waals surface area contributed by atoms with E-state index in [1.54, 1.807) is 7.11 Å². The van der Waals surface area contributed by atoms with Gasteiger partial charge in [0, 0.05) is 48.9 Å². The minimum absolute atomic E-state index is 0.0919. The number of nitrogens with one attached hydrogen (secondary N) is 2. The van der Waals surface area contributed by atoms with E-state index in [2.05, 4.69) is 30.5 Å². The normalized spacial score (nSPS) is 14.3. The Morgan fingerprint density at radius 1 is 0.921 bits per heavy atom. The van der Waals surface area contributed by atoms with Crippen molar-refractivity contribution >= 4 is 40.6 Å². The number of alkyl halides is 3. The van der Waals surface area contributed by atoms with Gasteiger partial charge in [-0.15, -0.1) is 0 Å². The average molecular weight is 544 g/mol. The van der Waals surface area contributed by atoms with Crippen LogP contribution in [0.3, 0.4) is 0 Å². The predicted octanol–water partition coefficient (Wildman–Crippen LogP) is 5.11. The van der Waals surface area contributed by atoms with Crippen LogP contribution in [0.15, 0.2) is 59.6 Å². The molecule has 12 heteroatoms. The number of thiocarbonyl (C=S) groups is 1. The molecule has 1 saturated heterocycles. The van der Waals surface area contributed by atoms with Crippen LogP contribution >= 0.6 is 12.2 Å². The lowest BCUT2D eigenvalue weighted by Crippen LogP contribution is -2.51. The van der Waals surface area contributed by atoms with E-state index in [1.165, 1.54) is 12.1 Å². The molecule has 0 bridgehead atoms. The summed E-state index contributed by atoms with van der Waals surface area (Å²) >= 11 is 5.43. The molecule has 0 radical (unpaired) electrons. The van der Waals surface area contributed by atoms with E-state index < -0.39 is 11.7 Å². The lowest BCUT2D eigenvalue weighted by atomic mass is 10.2. The zero-order valence-electron chi connectivity index (χ0n) is 21.2. The van der Waals surface area contributed by atoms with Gasteiger partial charge in [0.15, 0.2) is 0 Å². The number of rotatable bonds is 4. The Balaban J connectivity index is 1.50. The number of methoxy groups -OCH3 is 1. The van der Waals surface area contributed by atoms with Crippen molar-refractivity contribution in [3.63, 3.8) is 0 Å². The molecule has 8 nitrogen and oxygen atoms in total. The van der Waals surface area contributed by atoms with Crippen LogP contribution < -0.4 is 20.3 Å². The van der Waals surface area contributed by atoms with Crippen LogP contribution in [0.5, 0.6) is 5.75 Å². The van der Waals surface area contributed by atoms with Crippen LogP contribution in [0.25, 0.3) is 0 Å². The third-order valence-electron chi connectivity index (χ3n) is 5.89. The number of hydrogen-bond acceptors (Lipinski definition) is 5. The number of hydrogen-bond donors (Lipinski definition) is 2. The number of halogens is 3. The average Bonchev–Trinajstić information content (AvgIpc) is 2.88. The number of guanidine groups is 1. The van der Waals surface area contributed by atoms with Gasteiger partial charge in [0.05, 0.1) is 12.7 Å². The van der Waals surface area contributed by atoms with Crippen LogP contribution in [-0.4, -0.2) is 59.2 Å². The molecule has 3 aromatic rings. The van der Waals surface area contributed by atoms with Crippen molar-refractivity contribution in [1.29, 1.82) is 0 Å². The molecule has 0 atom stereocenters. The van der Waals surface area contributed by atoms with Gasteiger partial charge in [-0.2, -0.15) is 18.2 Å². The maximum absolute atomic E-state index is 12.9. The Morgan fingerprint density at radius 3 is 2.08 bits per heavy atom. The largest absolute Gasteiger partial charge is 0.497 e. The first kappa shape index (κ1) is 27.1. The van der Waals surface area contributed by atoms with E-state index in [9.17, 15) is 13.2 Å². The summed E-state index contributed by atoms with van der Waals surface area (Å²) in [5.74, 6) is 1.64. The SMILES string of the molecule is COc1ccc(N2CCN(/C(=N\C(=S)Nc3ccc(C(F)(F)F)cc3)Nc3nc(C)cc(C)n3)CC2)cc1. The quantitative estimate of drug-likeness (QED) is 0.267. The zero-order chi connectivity index (χ0) is 27.3. The van der Waals surface area contributed by atoms with Gasteiger partial charge in [0.2, 0.25) is 17.0 Å². The van der Waals surface area contributed by atoms with Gasteiger partial charge in [-0.25, -0.2) is 9.97 Å². The topological polar surface area (TPSA) is 77.9 Å². The van der Waals surface area contributed by atoms with Gasteiger partial charge in [0.1, 0.15) is 5.75 Å². The molecule has 1 aliphatic heterocycles. The summed E-state index contributed by atoms with van der Waals surface area (Å²) in [5.41, 5.74) is 2.36. The van der Waals surface area contributed by atoms with Crippen molar-refractivity contribution in [2.75, 3.05) is 48.8 Å². The maximum atomic E-state index is 12.9. The van der Waals surface area contributed by atoms with Crippen molar-refractivity contribution in [3.05, 3.63) is 71.5 Å². The summed E-state index contributed by atoms with van der Waals surface area (Å²) in [7, 11) is 1.64. The highest BCUT2D eigenvalue weighted by Crippen LogP contribution is 2.30. The van der Waals surface area contributed by atoms with Crippen molar-refractivity contribution in [2.45, 2.75) is 20.0 Å². The Kier molecular flexibility index (Phi) is 8.30. The van der Waals surface area contributed by atoms with Crippen molar-refractivity contribution < 1.29 is 17.9 Å². The zero-order valence-corrected chi connectivity index (χ0v) is 22.0. The smallest absolute Gasteiger partial charge is 0.416 e. The standard InChI is InChI=1S/C26H28F3N7OS/c1-17-16-18(2)31-23(30-17)33-24(34-25(38)32-20-6-4-19(5-7-20)26(27,28)29)36-14-12-35(13-15-36)21-8-10-22(37-3)11-9-21/h4-11,16H,12-15H2,1-3H3,(H2,30,31,32,33,34,38). The third kappa shape index (κ3) is 7.09. The molecule has 4 rings (SSSR count). The van der Waals surface area contributed by atoms with Gasteiger partial charge in [-0.05, 0) is 80.7 Å². The van der Waals surface area contributed by atoms with Gasteiger partial charge >= 0.3 is 6.18 Å². The highest BCUT2D eigenvalue weighted by molar-refractivity contribution is 7.80. The number of aliphatic imine (C=N–C) groups is 1. The summed E-state index contributed by atoms with van der Waals surface area (Å²) in [6.45, 7) is 6.51. The van der Waals surface area contributed by atoms with Crippen LogP contribution in [-0.2, 0) is 6.18 Å². The number of piperazine rings is 1. The van der Waals surface area contributed by atoms with E-state index in [1.807, 2.05) is 49.1 Å². The maximum Gasteiger partial charge on any atom is 0.416 e. The molecule has 1 fully saturated rings. The minimum atomic E-state index is -4.41. The van der Waals surface area contributed by atoms with E-state index in [0.717, 1.165) is 48.0 Å². The Hall–Kier alpha value is -3.93. The number of aryl methyl sites for hydroxylation is 2. The molecule has 1 aromatic heterocycles. The molecule has 0 amide bonds. The fourth-order valence-corrected chi connectivity index (χ4v) is 4.22. The van der Waals surface area contributed by atoms with Gasteiger partial charge in [-0.1, -0.05) is 0 Å². The van der Waals surface area contributed by atoms with E-state index in [-0.39, 0.29) is 5.11 Å². The van der Waals surface area contributed by atoms with Gasteiger partial charge in [0.25, 0.3) is 0 Å². The molecule has 0 unspecified atom stereocenters. The monoisotopic (exact) mass is 543 g/mol. The minimum Gasteiger partial charge on any atom is -0.497 e. The Labute approximate surface area is 224 Å². The number of ether oxygens (including phenoxy) is 1. The number of nitrogens with zero attached hydrogens (tertiary/aromatic N) is 5. The Morgan fingerprint density at radius 2 is 1.53 bits per heavy atom. The van der Waals surface area contributed by atoms with Gasteiger partial charge in [-0.3, -0.25) is 5.32 Å². The van der Waals surface area contributed by atoms with E-state index in [4.69, 9.17) is 17.0 Å². The lowest BCUT2D eigenvalue weighted by molar-refractivity contribution is -0.137. The fraction of sp³-hybridized carbons (Fsp3) is 0.308. The highest BCUT2D eigenvalue weighted by Gasteiger charge is 2.30.